The third kappa shape index (κ3) is 5.19. The Kier molecular flexibility index (Phi) is 7.48. The summed E-state index contributed by atoms with van der Waals surface area (Å²) in [5.41, 5.74) is 1.38. The largest absolute Gasteiger partial charge is 0.354 e. The number of rotatable bonds is 8. The third-order valence-electron chi connectivity index (χ3n) is 2.84. The van der Waals surface area contributed by atoms with Crippen LogP contribution in [0.5, 0.6) is 0 Å². The third-order valence-corrected chi connectivity index (χ3v) is 5.10. The van der Waals surface area contributed by atoms with Gasteiger partial charge in [-0.05, 0) is 31.5 Å². The summed E-state index contributed by atoms with van der Waals surface area (Å²) in [6, 6.07) is 8.67. The fourth-order valence-corrected chi connectivity index (χ4v) is 3.90. The molecular weight excluding hydrogens is 227 g/mol. The van der Waals surface area contributed by atoms with Crippen molar-refractivity contribution in [3.63, 3.8) is 0 Å². The summed E-state index contributed by atoms with van der Waals surface area (Å²) in [6.45, 7) is 7.57. The Bertz CT molecular complexity index is 312. The highest BCUT2D eigenvalue weighted by Gasteiger charge is 2.13. The highest BCUT2D eigenvalue weighted by Crippen LogP contribution is 2.38. The second kappa shape index (κ2) is 8.66. The minimum atomic E-state index is -0.394. The molecule has 0 N–H and O–H groups in total. The summed E-state index contributed by atoms with van der Waals surface area (Å²) in [7, 11) is -0.394. The Balaban J connectivity index is 2.64. The number of hydrogen-bond acceptors (Lipinski definition) is 1. The number of hydrogen-bond donors (Lipinski definition) is 0. The average Bonchev–Trinajstić information content (AvgIpc) is 2.35. The van der Waals surface area contributed by atoms with Gasteiger partial charge in [0, 0.05) is 5.30 Å². The summed E-state index contributed by atoms with van der Waals surface area (Å²) < 4.78 is 6.12. The molecule has 0 aliphatic heterocycles. The lowest BCUT2D eigenvalue weighted by Crippen LogP contribution is -2.10. The molecule has 1 unspecified atom stereocenters. The van der Waals surface area contributed by atoms with Crippen LogP contribution in [0.3, 0.4) is 0 Å². The molecule has 0 spiro atoms. The van der Waals surface area contributed by atoms with Gasteiger partial charge in [-0.3, -0.25) is 0 Å². The van der Waals surface area contributed by atoms with E-state index in [1.54, 1.807) is 0 Å². The van der Waals surface area contributed by atoms with Gasteiger partial charge in [-0.15, -0.1) is 0 Å². The molecule has 0 saturated heterocycles. The molecule has 0 bridgehead atoms. The summed E-state index contributed by atoms with van der Waals surface area (Å²) >= 11 is 0. The maximum atomic E-state index is 6.12. The predicted octanol–water partition coefficient (Wildman–Crippen LogP) is 4.63. The van der Waals surface area contributed by atoms with Crippen molar-refractivity contribution in [2.45, 2.75) is 46.5 Å². The van der Waals surface area contributed by atoms with Crippen LogP contribution in [0.4, 0.5) is 0 Å². The Morgan fingerprint density at radius 3 is 2.41 bits per heavy atom. The zero-order chi connectivity index (χ0) is 12.5. The number of benzene rings is 1. The van der Waals surface area contributed by atoms with Gasteiger partial charge in [0.25, 0.3) is 0 Å². The lowest BCUT2D eigenvalue weighted by Gasteiger charge is -2.19. The van der Waals surface area contributed by atoms with Crippen LogP contribution in [0, 0.1) is 6.92 Å². The van der Waals surface area contributed by atoms with Crippen LogP contribution >= 0.6 is 8.15 Å². The molecule has 2 heteroatoms. The molecule has 0 heterocycles. The Labute approximate surface area is 107 Å². The summed E-state index contributed by atoms with van der Waals surface area (Å²) in [5, 5.41) is 1.44. The molecule has 0 amide bonds. The molecule has 0 aromatic heterocycles. The minimum Gasteiger partial charge on any atom is -0.354 e. The van der Waals surface area contributed by atoms with Crippen LogP contribution in [0.25, 0.3) is 0 Å². The molecule has 0 radical (unpaired) electrons. The first-order valence-corrected chi connectivity index (χ1v) is 8.20. The van der Waals surface area contributed by atoms with Crippen molar-refractivity contribution in [2.75, 3.05) is 12.8 Å². The lowest BCUT2D eigenvalue weighted by atomic mass is 10.2. The molecule has 1 atom stereocenters. The summed E-state index contributed by atoms with van der Waals surface area (Å²) in [6.07, 6.45) is 6.12. The van der Waals surface area contributed by atoms with E-state index in [1.807, 2.05) is 0 Å². The molecule has 0 aliphatic rings. The Hall–Kier alpha value is -0.390. The maximum Gasteiger partial charge on any atom is 0.0606 e. The fraction of sp³-hybridized carbons (Fsp3) is 0.600. The maximum absolute atomic E-state index is 6.12. The second-order valence-electron chi connectivity index (χ2n) is 4.43. The SMILES string of the molecule is CCCCOP(CCCC)c1ccccc1C. The molecule has 0 saturated carbocycles. The van der Waals surface area contributed by atoms with Crippen molar-refractivity contribution in [1.29, 1.82) is 0 Å². The number of unbranched alkanes of at least 4 members (excludes halogenated alkanes) is 2. The smallest absolute Gasteiger partial charge is 0.0606 e. The zero-order valence-electron chi connectivity index (χ0n) is 11.4. The molecule has 17 heavy (non-hydrogen) atoms. The van der Waals surface area contributed by atoms with E-state index >= 15 is 0 Å². The van der Waals surface area contributed by atoms with Gasteiger partial charge in [0.2, 0.25) is 0 Å². The van der Waals surface area contributed by atoms with Crippen molar-refractivity contribution < 1.29 is 4.52 Å². The van der Waals surface area contributed by atoms with Gasteiger partial charge in [-0.1, -0.05) is 51.0 Å². The molecule has 1 aromatic carbocycles. The van der Waals surface area contributed by atoms with Gasteiger partial charge in [0.05, 0.1) is 14.8 Å². The monoisotopic (exact) mass is 252 g/mol. The first kappa shape index (κ1) is 14.7. The van der Waals surface area contributed by atoms with Gasteiger partial charge in [0.1, 0.15) is 0 Å². The quantitative estimate of drug-likeness (QED) is 0.484. The topological polar surface area (TPSA) is 9.23 Å². The molecule has 96 valence electrons. The summed E-state index contributed by atoms with van der Waals surface area (Å²) in [5.74, 6) is 0. The highest BCUT2D eigenvalue weighted by molar-refractivity contribution is 7.61. The normalized spacial score (nSPS) is 12.6. The first-order chi connectivity index (χ1) is 8.29. The van der Waals surface area contributed by atoms with Crippen molar-refractivity contribution in [2.24, 2.45) is 0 Å². The van der Waals surface area contributed by atoms with Crippen LogP contribution in [-0.2, 0) is 4.52 Å². The van der Waals surface area contributed by atoms with E-state index in [-0.39, 0.29) is 0 Å². The predicted molar refractivity (Wildman–Crippen MR) is 78.4 cm³/mol. The van der Waals surface area contributed by atoms with Crippen molar-refractivity contribution in [3.05, 3.63) is 29.8 Å². The van der Waals surface area contributed by atoms with Gasteiger partial charge in [-0.25, -0.2) is 0 Å². The molecule has 0 fully saturated rings. The van der Waals surface area contributed by atoms with Crippen molar-refractivity contribution >= 4 is 13.5 Å². The lowest BCUT2D eigenvalue weighted by molar-refractivity contribution is 0.345. The van der Waals surface area contributed by atoms with Gasteiger partial charge >= 0.3 is 0 Å². The van der Waals surface area contributed by atoms with E-state index < -0.39 is 8.15 Å². The average molecular weight is 252 g/mol. The second-order valence-corrected chi connectivity index (χ2v) is 6.37. The van der Waals surface area contributed by atoms with Crippen LogP contribution in [-0.4, -0.2) is 12.8 Å². The highest BCUT2D eigenvalue weighted by atomic mass is 31.1. The summed E-state index contributed by atoms with van der Waals surface area (Å²) in [4.78, 5) is 0. The van der Waals surface area contributed by atoms with Gasteiger partial charge in [-0.2, -0.15) is 0 Å². The molecule has 1 aromatic rings. The van der Waals surface area contributed by atoms with Crippen LogP contribution in [0.2, 0.25) is 0 Å². The molecule has 1 rings (SSSR count). The molecular formula is C15H25OP. The number of aryl methyl sites for hydroxylation is 1. The van der Waals surface area contributed by atoms with Crippen LogP contribution < -0.4 is 5.30 Å². The standard InChI is InChI=1S/C15H25OP/c1-4-6-12-16-17(13-7-5-2)15-11-9-8-10-14(15)3/h8-11H,4-7,12-13H2,1-3H3. The van der Waals surface area contributed by atoms with Crippen LogP contribution in [0.1, 0.15) is 45.1 Å². The van der Waals surface area contributed by atoms with E-state index in [0.29, 0.717) is 0 Å². The fourth-order valence-electron chi connectivity index (χ4n) is 1.72. The first-order valence-electron chi connectivity index (χ1n) is 6.75. The Morgan fingerprint density at radius 1 is 1.06 bits per heavy atom. The Morgan fingerprint density at radius 2 is 1.76 bits per heavy atom. The minimum absolute atomic E-state index is 0.394. The molecule has 1 nitrogen and oxygen atoms in total. The zero-order valence-corrected chi connectivity index (χ0v) is 12.3. The van der Waals surface area contributed by atoms with Gasteiger partial charge in [0.15, 0.2) is 0 Å². The van der Waals surface area contributed by atoms with Crippen molar-refractivity contribution in [3.8, 4) is 0 Å². The van der Waals surface area contributed by atoms with Crippen molar-refractivity contribution in [1.82, 2.24) is 0 Å². The van der Waals surface area contributed by atoms with E-state index in [2.05, 4.69) is 45.0 Å². The molecule has 0 aliphatic carbocycles. The van der Waals surface area contributed by atoms with E-state index in [4.69, 9.17) is 4.52 Å². The van der Waals surface area contributed by atoms with Gasteiger partial charge < -0.3 is 4.52 Å². The van der Waals surface area contributed by atoms with E-state index in [0.717, 1.165) is 6.61 Å². The van der Waals surface area contributed by atoms with E-state index in [1.165, 1.54) is 42.7 Å². The van der Waals surface area contributed by atoms with E-state index in [9.17, 15) is 0 Å². The van der Waals surface area contributed by atoms with Crippen LogP contribution in [0.15, 0.2) is 24.3 Å².